The molecule has 1 aliphatic rings. The third-order valence-electron chi connectivity index (χ3n) is 3.41. The zero-order valence-electron chi connectivity index (χ0n) is 10.5. The minimum absolute atomic E-state index is 0.121. The van der Waals surface area contributed by atoms with Gasteiger partial charge in [-0.15, -0.1) is 0 Å². The SMILES string of the molecule is CCCCCS(=O)(=O)C1CCCC1NCC. The molecular weight excluding hydrogens is 222 g/mol. The van der Waals surface area contributed by atoms with E-state index in [1.807, 2.05) is 6.92 Å². The zero-order chi connectivity index (χ0) is 12.0. The minimum Gasteiger partial charge on any atom is -0.313 e. The number of nitrogens with one attached hydrogen (secondary N) is 1. The molecular formula is C12H25NO2S. The van der Waals surface area contributed by atoms with E-state index in [1.54, 1.807) is 0 Å². The molecule has 16 heavy (non-hydrogen) atoms. The maximum absolute atomic E-state index is 12.2. The Morgan fingerprint density at radius 2 is 1.94 bits per heavy atom. The van der Waals surface area contributed by atoms with Crippen molar-refractivity contribution in [3.63, 3.8) is 0 Å². The van der Waals surface area contributed by atoms with E-state index < -0.39 is 9.84 Å². The van der Waals surface area contributed by atoms with Crippen LogP contribution in [0.5, 0.6) is 0 Å². The molecule has 1 rings (SSSR count). The van der Waals surface area contributed by atoms with Gasteiger partial charge >= 0.3 is 0 Å². The standard InChI is InChI=1S/C12H25NO2S/c1-3-5-6-10-16(14,15)12-9-7-8-11(12)13-4-2/h11-13H,3-10H2,1-2H3. The van der Waals surface area contributed by atoms with Gasteiger partial charge in [-0.2, -0.15) is 0 Å². The van der Waals surface area contributed by atoms with Gasteiger partial charge in [0.15, 0.2) is 9.84 Å². The highest BCUT2D eigenvalue weighted by atomic mass is 32.2. The van der Waals surface area contributed by atoms with Crippen molar-refractivity contribution < 1.29 is 8.42 Å². The summed E-state index contributed by atoms with van der Waals surface area (Å²) < 4.78 is 24.3. The molecule has 0 bridgehead atoms. The van der Waals surface area contributed by atoms with Crippen LogP contribution in [0.4, 0.5) is 0 Å². The molecule has 2 unspecified atom stereocenters. The monoisotopic (exact) mass is 247 g/mol. The molecule has 0 amide bonds. The summed E-state index contributed by atoms with van der Waals surface area (Å²) in [6.07, 6.45) is 5.86. The number of rotatable bonds is 7. The third kappa shape index (κ3) is 3.74. The second-order valence-electron chi connectivity index (χ2n) is 4.71. The Kier molecular flexibility index (Phi) is 5.76. The molecule has 4 heteroatoms. The first-order chi connectivity index (χ1) is 7.61. The van der Waals surface area contributed by atoms with Crippen LogP contribution in [0, 0.1) is 0 Å². The summed E-state index contributed by atoms with van der Waals surface area (Å²) in [5.74, 6) is 0.382. The van der Waals surface area contributed by atoms with Gasteiger partial charge in [0.1, 0.15) is 0 Å². The largest absolute Gasteiger partial charge is 0.313 e. The van der Waals surface area contributed by atoms with E-state index in [0.717, 1.165) is 45.1 Å². The van der Waals surface area contributed by atoms with Crippen LogP contribution in [0.25, 0.3) is 0 Å². The first-order valence-corrected chi connectivity index (χ1v) is 8.28. The summed E-state index contributed by atoms with van der Waals surface area (Å²) in [5.41, 5.74) is 0. The van der Waals surface area contributed by atoms with Gasteiger partial charge in [-0.1, -0.05) is 33.1 Å². The van der Waals surface area contributed by atoms with Gasteiger partial charge in [0, 0.05) is 6.04 Å². The van der Waals surface area contributed by atoms with Crippen molar-refractivity contribution in [2.24, 2.45) is 0 Å². The van der Waals surface area contributed by atoms with Crippen molar-refractivity contribution >= 4 is 9.84 Å². The molecule has 0 spiro atoms. The van der Waals surface area contributed by atoms with E-state index in [-0.39, 0.29) is 11.3 Å². The molecule has 0 saturated heterocycles. The van der Waals surface area contributed by atoms with Gasteiger partial charge < -0.3 is 5.32 Å². The van der Waals surface area contributed by atoms with E-state index >= 15 is 0 Å². The average Bonchev–Trinajstić information content (AvgIpc) is 2.67. The first kappa shape index (κ1) is 14.0. The predicted octanol–water partition coefficient (Wildman–Crippen LogP) is 2.12. The first-order valence-electron chi connectivity index (χ1n) is 6.56. The van der Waals surface area contributed by atoms with Gasteiger partial charge in [0.2, 0.25) is 0 Å². The van der Waals surface area contributed by atoms with Crippen molar-refractivity contribution in [3.8, 4) is 0 Å². The van der Waals surface area contributed by atoms with E-state index in [2.05, 4.69) is 12.2 Å². The maximum Gasteiger partial charge on any atom is 0.154 e. The summed E-state index contributed by atoms with van der Waals surface area (Å²) in [7, 11) is -2.87. The highest BCUT2D eigenvalue weighted by Gasteiger charge is 2.36. The van der Waals surface area contributed by atoms with E-state index in [0.29, 0.717) is 5.75 Å². The van der Waals surface area contributed by atoms with E-state index in [4.69, 9.17) is 0 Å². The molecule has 3 nitrogen and oxygen atoms in total. The van der Waals surface area contributed by atoms with Gasteiger partial charge in [0.25, 0.3) is 0 Å². The molecule has 1 N–H and O–H groups in total. The lowest BCUT2D eigenvalue weighted by Crippen LogP contribution is -2.41. The maximum atomic E-state index is 12.2. The van der Waals surface area contributed by atoms with Crippen LogP contribution in [0.3, 0.4) is 0 Å². The van der Waals surface area contributed by atoms with Crippen LogP contribution < -0.4 is 5.32 Å². The summed E-state index contributed by atoms with van der Waals surface area (Å²) in [6, 6.07) is 0.205. The summed E-state index contributed by atoms with van der Waals surface area (Å²) >= 11 is 0. The van der Waals surface area contributed by atoms with E-state index in [9.17, 15) is 8.42 Å². The quantitative estimate of drug-likeness (QED) is 0.701. The summed E-state index contributed by atoms with van der Waals surface area (Å²) in [4.78, 5) is 0. The minimum atomic E-state index is -2.87. The second-order valence-corrected chi connectivity index (χ2v) is 7.05. The fourth-order valence-electron chi connectivity index (χ4n) is 2.56. The third-order valence-corrected chi connectivity index (χ3v) is 5.76. The molecule has 1 aliphatic carbocycles. The molecule has 96 valence electrons. The lowest BCUT2D eigenvalue weighted by Gasteiger charge is -2.20. The molecule has 0 aromatic heterocycles. The Morgan fingerprint density at radius 3 is 2.56 bits per heavy atom. The molecule has 0 aromatic carbocycles. The van der Waals surface area contributed by atoms with Crippen LogP contribution in [0.2, 0.25) is 0 Å². The van der Waals surface area contributed by atoms with Crippen molar-refractivity contribution in [2.45, 2.75) is 63.7 Å². The van der Waals surface area contributed by atoms with Crippen molar-refractivity contribution in [1.82, 2.24) is 5.32 Å². The van der Waals surface area contributed by atoms with E-state index in [1.165, 1.54) is 0 Å². The van der Waals surface area contributed by atoms with Crippen LogP contribution in [0.1, 0.15) is 52.4 Å². The molecule has 0 aliphatic heterocycles. The predicted molar refractivity (Wildman–Crippen MR) is 68.4 cm³/mol. The van der Waals surface area contributed by atoms with Gasteiger partial charge in [-0.05, 0) is 25.8 Å². The summed E-state index contributed by atoms with van der Waals surface area (Å²) in [5, 5.41) is 3.19. The van der Waals surface area contributed by atoms with Crippen LogP contribution in [0.15, 0.2) is 0 Å². The fraction of sp³-hybridized carbons (Fsp3) is 1.00. The van der Waals surface area contributed by atoms with Gasteiger partial charge in [-0.25, -0.2) is 8.42 Å². The van der Waals surface area contributed by atoms with Gasteiger partial charge in [0.05, 0.1) is 11.0 Å². The normalized spacial score (nSPS) is 26.1. The Morgan fingerprint density at radius 1 is 1.19 bits per heavy atom. The van der Waals surface area contributed by atoms with Crippen LogP contribution >= 0.6 is 0 Å². The smallest absolute Gasteiger partial charge is 0.154 e. The Labute approximate surface area is 99.9 Å². The van der Waals surface area contributed by atoms with Crippen molar-refractivity contribution in [1.29, 1.82) is 0 Å². The lowest BCUT2D eigenvalue weighted by atomic mass is 10.2. The second kappa shape index (κ2) is 6.60. The van der Waals surface area contributed by atoms with Crippen LogP contribution in [-0.4, -0.2) is 32.0 Å². The molecule has 0 aromatic rings. The molecule has 0 heterocycles. The fourth-order valence-corrected chi connectivity index (χ4v) is 4.72. The zero-order valence-corrected chi connectivity index (χ0v) is 11.4. The van der Waals surface area contributed by atoms with Crippen LogP contribution in [-0.2, 0) is 9.84 Å². The average molecular weight is 247 g/mol. The van der Waals surface area contributed by atoms with Gasteiger partial charge in [-0.3, -0.25) is 0 Å². The Bertz CT molecular complexity index is 287. The molecule has 0 radical (unpaired) electrons. The van der Waals surface area contributed by atoms with Crippen molar-refractivity contribution in [3.05, 3.63) is 0 Å². The number of hydrogen-bond donors (Lipinski definition) is 1. The number of sulfone groups is 1. The molecule has 2 atom stereocenters. The molecule has 1 fully saturated rings. The lowest BCUT2D eigenvalue weighted by molar-refractivity contribution is 0.515. The molecule has 1 saturated carbocycles. The highest BCUT2D eigenvalue weighted by molar-refractivity contribution is 7.92. The topological polar surface area (TPSA) is 46.2 Å². The van der Waals surface area contributed by atoms with Crippen molar-refractivity contribution in [2.75, 3.05) is 12.3 Å². The Balaban J connectivity index is 2.53. The number of hydrogen-bond acceptors (Lipinski definition) is 3. The number of unbranched alkanes of at least 4 members (excludes halogenated alkanes) is 2. The highest BCUT2D eigenvalue weighted by Crippen LogP contribution is 2.26. The summed E-state index contributed by atoms with van der Waals surface area (Å²) in [6.45, 7) is 5.01. The Hall–Kier alpha value is -0.0900.